The summed E-state index contributed by atoms with van der Waals surface area (Å²) >= 11 is 8.90. The van der Waals surface area contributed by atoms with Gasteiger partial charge in [0.25, 0.3) is 0 Å². The zero-order chi connectivity index (χ0) is 12.4. The van der Waals surface area contributed by atoms with Gasteiger partial charge in [-0.15, -0.1) is 0 Å². The molecule has 0 fully saturated rings. The van der Waals surface area contributed by atoms with Gasteiger partial charge in [-0.25, -0.2) is 15.0 Å². The smallest absolute Gasteiger partial charge is 0.176 e. The third-order valence-electron chi connectivity index (χ3n) is 2.10. The molecule has 0 atom stereocenters. The zero-order valence-corrected chi connectivity index (χ0v) is 12.1. The maximum Gasteiger partial charge on any atom is 0.176 e. The standard InChI is InChI=1S/C10H11ClN4S2/c1-4-7-14-10(17-15-7)16-9-5(2)8(11)12-6(3)13-9/h4H2,1-3H3. The summed E-state index contributed by atoms with van der Waals surface area (Å²) in [5, 5.41) is 1.35. The number of hydrogen-bond acceptors (Lipinski definition) is 6. The molecule has 0 spiro atoms. The highest BCUT2D eigenvalue weighted by atomic mass is 35.5. The molecule has 0 radical (unpaired) electrons. The summed E-state index contributed by atoms with van der Waals surface area (Å²) in [4.78, 5) is 12.9. The summed E-state index contributed by atoms with van der Waals surface area (Å²) in [5.41, 5.74) is 0.885. The van der Waals surface area contributed by atoms with Gasteiger partial charge in [-0.1, -0.05) is 18.5 Å². The monoisotopic (exact) mass is 286 g/mol. The lowest BCUT2D eigenvalue weighted by Gasteiger charge is -2.04. The lowest BCUT2D eigenvalue weighted by Crippen LogP contribution is -1.95. The van der Waals surface area contributed by atoms with Crippen molar-refractivity contribution in [2.75, 3.05) is 0 Å². The normalized spacial score (nSPS) is 10.8. The largest absolute Gasteiger partial charge is 0.226 e. The van der Waals surface area contributed by atoms with Gasteiger partial charge in [0.2, 0.25) is 0 Å². The molecule has 0 N–H and O–H groups in total. The van der Waals surface area contributed by atoms with Gasteiger partial charge in [0.1, 0.15) is 21.8 Å². The van der Waals surface area contributed by atoms with E-state index >= 15 is 0 Å². The molecule has 0 aromatic carbocycles. The fourth-order valence-corrected chi connectivity index (χ4v) is 3.18. The lowest BCUT2D eigenvalue weighted by atomic mass is 10.4. The van der Waals surface area contributed by atoms with E-state index in [9.17, 15) is 0 Å². The second kappa shape index (κ2) is 5.29. The van der Waals surface area contributed by atoms with E-state index in [1.807, 2.05) is 20.8 Å². The van der Waals surface area contributed by atoms with Crippen LogP contribution in [0.25, 0.3) is 0 Å². The second-order valence-corrected chi connectivity index (χ2v) is 5.77. The van der Waals surface area contributed by atoms with Crippen LogP contribution in [0, 0.1) is 13.8 Å². The summed E-state index contributed by atoms with van der Waals surface area (Å²) < 4.78 is 5.13. The minimum absolute atomic E-state index is 0.500. The van der Waals surface area contributed by atoms with Crippen molar-refractivity contribution in [2.45, 2.75) is 36.6 Å². The molecule has 2 rings (SSSR count). The molecule has 2 aromatic heterocycles. The van der Waals surface area contributed by atoms with Crippen molar-refractivity contribution in [2.24, 2.45) is 0 Å². The topological polar surface area (TPSA) is 51.6 Å². The van der Waals surface area contributed by atoms with Crippen molar-refractivity contribution >= 4 is 34.9 Å². The van der Waals surface area contributed by atoms with E-state index in [2.05, 4.69) is 19.3 Å². The van der Waals surface area contributed by atoms with Gasteiger partial charge in [-0.2, -0.15) is 4.37 Å². The molecular formula is C10H11ClN4S2. The van der Waals surface area contributed by atoms with Crippen LogP contribution in [-0.4, -0.2) is 19.3 Å². The van der Waals surface area contributed by atoms with E-state index in [1.54, 1.807) is 0 Å². The molecule has 0 saturated carbocycles. The van der Waals surface area contributed by atoms with Crippen molar-refractivity contribution in [3.8, 4) is 0 Å². The molecule has 0 aliphatic carbocycles. The van der Waals surface area contributed by atoms with Crippen LogP contribution in [-0.2, 0) is 6.42 Å². The summed E-state index contributed by atoms with van der Waals surface area (Å²) in [7, 11) is 0. The number of halogens is 1. The molecule has 7 heteroatoms. The average molecular weight is 287 g/mol. The summed E-state index contributed by atoms with van der Waals surface area (Å²) in [6.07, 6.45) is 0.847. The van der Waals surface area contributed by atoms with E-state index in [-0.39, 0.29) is 0 Å². The third kappa shape index (κ3) is 2.94. The van der Waals surface area contributed by atoms with Gasteiger partial charge in [-0.3, -0.25) is 0 Å². The molecule has 4 nitrogen and oxygen atoms in total. The molecule has 2 heterocycles. The maximum atomic E-state index is 6.02. The Labute approximate surface area is 113 Å². The van der Waals surface area contributed by atoms with Gasteiger partial charge >= 0.3 is 0 Å². The zero-order valence-electron chi connectivity index (χ0n) is 9.69. The molecular weight excluding hydrogens is 276 g/mol. The van der Waals surface area contributed by atoms with Gasteiger partial charge in [0, 0.05) is 12.0 Å². The van der Waals surface area contributed by atoms with Crippen molar-refractivity contribution in [1.29, 1.82) is 0 Å². The van der Waals surface area contributed by atoms with Crippen molar-refractivity contribution in [3.63, 3.8) is 0 Å². The van der Waals surface area contributed by atoms with E-state index in [0.717, 1.165) is 27.2 Å². The predicted octanol–water partition coefficient (Wildman–Crippen LogP) is 3.31. The van der Waals surface area contributed by atoms with E-state index in [1.165, 1.54) is 23.3 Å². The Hall–Kier alpha value is -0.720. The van der Waals surface area contributed by atoms with Crippen LogP contribution in [0.2, 0.25) is 5.15 Å². The molecule has 90 valence electrons. The van der Waals surface area contributed by atoms with Crippen molar-refractivity contribution < 1.29 is 0 Å². The van der Waals surface area contributed by atoms with Crippen molar-refractivity contribution in [3.05, 3.63) is 22.4 Å². The Morgan fingerprint density at radius 3 is 2.65 bits per heavy atom. The van der Waals surface area contributed by atoms with Crippen LogP contribution in [0.3, 0.4) is 0 Å². The molecule has 0 amide bonds. The number of aryl methyl sites for hydroxylation is 2. The Morgan fingerprint density at radius 2 is 2.00 bits per heavy atom. The second-order valence-electron chi connectivity index (χ2n) is 3.42. The van der Waals surface area contributed by atoms with Crippen LogP contribution in [0.1, 0.15) is 24.1 Å². The highest BCUT2D eigenvalue weighted by molar-refractivity contribution is 8.00. The number of rotatable bonds is 3. The molecule has 0 bridgehead atoms. The van der Waals surface area contributed by atoms with Crippen LogP contribution < -0.4 is 0 Å². The minimum Gasteiger partial charge on any atom is -0.226 e. The van der Waals surface area contributed by atoms with E-state index in [0.29, 0.717) is 11.0 Å². The van der Waals surface area contributed by atoms with Crippen LogP contribution in [0.4, 0.5) is 0 Å². The number of nitrogens with zero attached hydrogens (tertiary/aromatic N) is 4. The maximum absolute atomic E-state index is 6.02. The summed E-state index contributed by atoms with van der Waals surface area (Å²) in [6, 6.07) is 0. The molecule has 0 aliphatic rings. The summed E-state index contributed by atoms with van der Waals surface area (Å²) in [5.74, 6) is 1.54. The molecule has 17 heavy (non-hydrogen) atoms. The summed E-state index contributed by atoms with van der Waals surface area (Å²) in [6.45, 7) is 5.77. The lowest BCUT2D eigenvalue weighted by molar-refractivity contribution is 0.933. The fraction of sp³-hybridized carbons (Fsp3) is 0.400. The average Bonchev–Trinajstić information content (AvgIpc) is 2.73. The van der Waals surface area contributed by atoms with E-state index < -0.39 is 0 Å². The first kappa shape index (κ1) is 12.7. The first-order chi connectivity index (χ1) is 8.10. The SMILES string of the molecule is CCc1nsc(Sc2nc(C)nc(Cl)c2C)n1. The van der Waals surface area contributed by atoms with Crippen LogP contribution >= 0.6 is 34.9 Å². The first-order valence-electron chi connectivity index (χ1n) is 5.11. The van der Waals surface area contributed by atoms with Gasteiger partial charge in [0.15, 0.2) is 4.34 Å². The Bertz CT molecular complexity index is 541. The molecule has 0 saturated heterocycles. The number of aromatic nitrogens is 4. The Kier molecular flexibility index (Phi) is 3.96. The number of hydrogen-bond donors (Lipinski definition) is 0. The molecule has 0 aliphatic heterocycles. The highest BCUT2D eigenvalue weighted by Gasteiger charge is 2.11. The van der Waals surface area contributed by atoms with Crippen LogP contribution in [0.5, 0.6) is 0 Å². The first-order valence-corrected chi connectivity index (χ1v) is 7.08. The van der Waals surface area contributed by atoms with E-state index in [4.69, 9.17) is 11.6 Å². The van der Waals surface area contributed by atoms with Gasteiger partial charge in [0.05, 0.1) is 0 Å². The predicted molar refractivity (Wildman–Crippen MR) is 69.9 cm³/mol. The quantitative estimate of drug-likeness (QED) is 0.810. The third-order valence-corrected chi connectivity index (χ3v) is 4.35. The van der Waals surface area contributed by atoms with Gasteiger partial charge in [-0.05, 0) is 37.1 Å². The highest BCUT2D eigenvalue weighted by Crippen LogP contribution is 2.32. The fourth-order valence-electron chi connectivity index (χ4n) is 1.18. The van der Waals surface area contributed by atoms with Crippen molar-refractivity contribution in [1.82, 2.24) is 19.3 Å². The Morgan fingerprint density at radius 1 is 1.24 bits per heavy atom. The van der Waals surface area contributed by atoms with Gasteiger partial charge < -0.3 is 0 Å². The Balaban J connectivity index is 2.29. The molecule has 0 unspecified atom stereocenters. The minimum atomic E-state index is 0.500. The van der Waals surface area contributed by atoms with Crippen LogP contribution in [0.15, 0.2) is 9.37 Å². The molecule has 2 aromatic rings.